The van der Waals surface area contributed by atoms with Gasteiger partial charge < -0.3 is 15.4 Å². The number of carbonyl (C=O) groups excluding carboxylic acids is 2. The summed E-state index contributed by atoms with van der Waals surface area (Å²) in [5, 5.41) is 6.05. The Labute approximate surface area is 154 Å². The molecule has 0 aliphatic heterocycles. The molecule has 0 heterocycles. The second-order valence-electron chi connectivity index (χ2n) is 4.95. The molecule has 0 atom stereocenters. The molecular formula is C18H19IN2O3. The number of ether oxygens (including phenoxy) is 1. The van der Waals surface area contributed by atoms with E-state index in [1.807, 2.05) is 25.1 Å². The van der Waals surface area contributed by atoms with Crippen molar-refractivity contribution in [3.8, 4) is 0 Å². The maximum Gasteiger partial charge on any atom is 0.338 e. The maximum absolute atomic E-state index is 12.5. The van der Waals surface area contributed by atoms with Crippen molar-refractivity contribution in [3.05, 3.63) is 57.2 Å². The molecule has 0 aliphatic carbocycles. The molecule has 0 spiro atoms. The molecule has 2 N–H and O–H groups in total. The van der Waals surface area contributed by atoms with Gasteiger partial charge in [0.15, 0.2) is 0 Å². The highest BCUT2D eigenvalue weighted by atomic mass is 127. The van der Waals surface area contributed by atoms with E-state index in [0.717, 1.165) is 9.26 Å². The summed E-state index contributed by atoms with van der Waals surface area (Å²) in [5.74, 6) is -0.634. The number of hydrogen-bond acceptors (Lipinski definition) is 4. The van der Waals surface area contributed by atoms with Crippen LogP contribution in [0.15, 0.2) is 42.5 Å². The molecule has 0 radical (unpaired) electrons. The van der Waals surface area contributed by atoms with E-state index in [0.29, 0.717) is 30.0 Å². The highest BCUT2D eigenvalue weighted by Gasteiger charge is 2.14. The Morgan fingerprint density at radius 2 is 1.83 bits per heavy atom. The molecule has 0 saturated carbocycles. The van der Waals surface area contributed by atoms with E-state index in [2.05, 4.69) is 33.2 Å². The molecule has 5 nitrogen and oxygen atoms in total. The van der Waals surface area contributed by atoms with E-state index in [-0.39, 0.29) is 5.91 Å². The van der Waals surface area contributed by atoms with E-state index in [4.69, 9.17) is 4.74 Å². The van der Waals surface area contributed by atoms with Gasteiger partial charge in [0.05, 0.1) is 29.1 Å². The van der Waals surface area contributed by atoms with Gasteiger partial charge >= 0.3 is 5.97 Å². The zero-order valence-electron chi connectivity index (χ0n) is 13.6. The highest BCUT2D eigenvalue weighted by Crippen LogP contribution is 2.25. The van der Waals surface area contributed by atoms with Crippen molar-refractivity contribution in [2.45, 2.75) is 13.8 Å². The number of rotatable bonds is 6. The summed E-state index contributed by atoms with van der Waals surface area (Å²) in [4.78, 5) is 24.5. The third kappa shape index (κ3) is 4.47. The van der Waals surface area contributed by atoms with Gasteiger partial charge in [-0.15, -0.1) is 0 Å². The predicted molar refractivity (Wildman–Crippen MR) is 104 cm³/mol. The zero-order valence-corrected chi connectivity index (χ0v) is 15.7. The summed E-state index contributed by atoms with van der Waals surface area (Å²) in [5.41, 5.74) is 2.29. The molecule has 0 aromatic heterocycles. The molecule has 1 amide bonds. The molecule has 0 saturated heterocycles. The first-order valence-corrected chi connectivity index (χ1v) is 8.75. The van der Waals surface area contributed by atoms with Gasteiger partial charge in [0.1, 0.15) is 0 Å². The topological polar surface area (TPSA) is 67.4 Å². The number of anilines is 2. The van der Waals surface area contributed by atoms with E-state index >= 15 is 0 Å². The fraction of sp³-hybridized carbons (Fsp3) is 0.222. The van der Waals surface area contributed by atoms with Gasteiger partial charge in [0, 0.05) is 10.1 Å². The minimum atomic E-state index is -0.412. The standard InChI is InChI=1S/C18H19IN2O3/c1-3-20-15-10-9-12(18(23)24-4-2)11-16(15)21-17(22)13-7-5-6-8-14(13)19/h5-11,20H,3-4H2,1-2H3,(H,21,22). The summed E-state index contributed by atoms with van der Waals surface area (Å²) in [6.45, 7) is 4.72. The minimum absolute atomic E-state index is 0.222. The Balaban J connectivity index is 2.32. The van der Waals surface area contributed by atoms with Gasteiger partial charge in [-0.25, -0.2) is 4.79 Å². The van der Waals surface area contributed by atoms with Crippen LogP contribution >= 0.6 is 22.6 Å². The summed E-state index contributed by atoms with van der Waals surface area (Å²) in [7, 11) is 0. The van der Waals surface area contributed by atoms with Crippen LogP contribution in [0.1, 0.15) is 34.6 Å². The second-order valence-corrected chi connectivity index (χ2v) is 6.11. The molecular weight excluding hydrogens is 419 g/mol. The molecule has 0 bridgehead atoms. The number of benzene rings is 2. The quantitative estimate of drug-likeness (QED) is 0.526. The fourth-order valence-electron chi connectivity index (χ4n) is 2.17. The molecule has 24 heavy (non-hydrogen) atoms. The molecule has 0 fully saturated rings. The van der Waals surface area contributed by atoms with Crippen molar-refractivity contribution in [2.75, 3.05) is 23.8 Å². The number of carbonyl (C=O) groups is 2. The average molecular weight is 438 g/mol. The smallest absolute Gasteiger partial charge is 0.338 e. The van der Waals surface area contributed by atoms with Crippen LogP contribution in [0.2, 0.25) is 0 Å². The number of amides is 1. The fourth-order valence-corrected chi connectivity index (χ4v) is 2.80. The van der Waals surface area contributed by atoms with Crippen molar-refractivity contribution in [3.63, 3.8) is 0 Å². The first-order chi connectivity index (χ1) is 11.6. The Bertz CT molecular complexity index is 747. The Morgan fingerprint density at radius 3 is 2.50 bits per heavy atom. The lowest BCUT2D eigenvalue weighted by molar-refractivity contribution is 0.0526. The van der Waals surface area contributed by atoms with Crippen LogP contribution in [0.4, 0.5) is 11.4 Å². The highest BCUT2D eigenvalue weighted by molar-refractivity contribution is 14.1. The zero-order chi connectivity index (χ0) is 17.5. The second kappa shape index (κ2) is 8.68. The maximum atomic E-state index is 12.5. The average Bonchev–Trinajstić information content (AvgIpc) is 2.57. The lowest BCUT2D eigenvalue weighted by atomic mass is 10.1. The van der Waals surface area contributed by atoms with Gasteiger partial charge in [-0.2, -0.15) is 0 Å². The first kappa shape index (κ1) is 18.3. The third-order valence-corrected chi connectivity index (χ3v) is 4.21. The Kier molecular flexibility index (Phi) is 6.60. The molecule has 2 aromatic rings. The van der Waals surface area contributed by atoms with Crippen LogP contribution in [0.5, 0.6) is 0 Å². The van der Waals surface area contributed by atoms with Crippen molar-refractivity contribution in [1.82, 2.24) is 0 Å². The lowest BCUT2D eigenvalue weighted by Crippen LogP contribution is -2.16. The van der Waals surface area contributed by atoms with Crippen molar-refractivity contribution < 1.29 is 14.3 Å². The van der Waals surface area contributed by atoms with E-state index < -0.39 is 5.97 Å². The normalized spacial score (nSPS) is 10.1. The van der Waals surface area contributed by atoms with E-state index in [1.54, 1.807) is 31.2 Å². The van der Waals surface area contributed by atoms with Gasteiger partial charge in [-0.1, -0.05) is 12.1 Å². The Hall–Kier alpha value is -2.09. The van der Waals surface area contributed by atoms with Crippen LogP contribution in [0, 0.1) is 3.57 Å². The predicted octanol–water partition coefficient (Wildman–Crippen LogP) is 4.15. The summed E-state index contributed by atoms with van der Waals surface area (Å²) in [6.07, 6.45) is 0. The summed E-state index contributed by atoms with van der Waals surface area (Å²) in [6, 6.07) is 12.4. The van der Waals surface area contributed by atoms with Gasteiger partial charge in [0.2, 0.25) is 0 Å². The number of esters is 1. The summed E-state index contributed by atoms with van der Waals surface area (Å²) >= 11 is 2.12. The van der Waals surface area contributed by atoms with E-state index in [1.165, 1.54) is 0 Å². The van der Waals surface area contributed by atoms with Crippen LogP contribution in [0.3, 0.4) is 0 Å². The van der Waals surface area contributed by atoms with Crippen LogP contribution in [-0.2, 0) is 4.74 Å². The molecule has 0 aliphatic rings. The molecule has 0 unspecified atom stereocenters. The van der Waals surface area contributed by atoms with Gasteiger partial charge in [-0.3, -0.25) is 4.79 Å². The largest absolute Gasteiger partial charge is 0.462 e. The van der Waals surface area contributed by atoms with Gasteiger partial charge in [-0.05, 0) is 66.8 Å². The Morgan fingerprint density at radius 1 is 1.08 bits per heavy atom. The molecule has 2 aromatic carbocycles. The molecule has 6 heteroatoms. The van der Waals surface area contributed by atoms with Crippen molar-refractivity contribution in [1.29, 1.82) is 0 Å². The lowest BCUT2D eigenvalue weighted by Gasteiger charge is -2.14. The number of halogens is 1. The number of nitrogens with one attached hydrogen (secondary N) is 2. The third-order valence-electron chi connectivity index (χ3n) is 3.26. The molecule has 2 rings (SSSR count). The monoisotopic (exact) mass is 438 g/mol. The van der Waals surface area contributed by atoms with Crippen LogP contribution in [-0.4, -0.2) is 25.0 Å². The van der Waals surface area contributed by atoms with E-state index in [9.17, 15) is 9.59 Å². The molecule has 126 valence electrons. The number of hydrogen-bond donors (Lipinski definition) is 2. The van der Waals surface area contributed by atoms with Crippen molar-refractivity contribution in [2.24, 2.45) is 0 Å². The van der Waals surface area contributed by atoms with Crippen molar-refractivity contribution >= 4 is 45.8 Å². The van der Waals surface area contributed by atoms with Gasteiger partial charge in [0.25, 0.3) is 5.91 Å². The first-order valence-electron chi connectivity index (χ1n) is 7.67. The van der Waals surface area contributed by atoms with Crippen LogP contribution in [0.25, 0.3) is 0 Å². The SMILES string of the molecule is CCNc1ccc(C(=O)OCC)cc1NC(=O)c1ccccc1I. The summed E-state index contributed by atoms with van der Waals surface area (Å²) < 4.78 is 5.88. The minimum Gasteiger partial charge on any atom is -0.462 e. The van der Waals surface area contributed by atoms with Crippen LogP contribution < -0.4 is 10.6 Å².